The molecule has 1 aliphatic heterocycles. The molecule has 2 heterocycles. The summed E-state index contributed by atoms with van der Waals surface area (Å²) in [5, 5.41) is 17.8. The lowest BCUT2D eigenvalue weighted by atomic mass is 10.2. The summed E-state index contributed by atoms with van der Waals surface area (Å²) in [6, 6.07) is 9.67. The fourth-order valence-electron chi connectivity index (χ4n) is 3.40. The Labute approximate surface area is 176 Å². The highest BCUT2D eigenvalue weighted by molar-refractivity contribution is 7.89. The van der Waals surface area contributed by atoms with Gasteiger partial charge >= 0.3 is 0 Å². The van der Waals surface area contributed by atoms with E-state index in [9.17, 15) is 18.5 Å². The zero-order chi connectivity index (χ0) is 21.4. The number of anilines is 2. The molecule has 0 radical (unpaired) electrons. The molecule has 0 amide bonds. The molecule has 0 saturated carbocycles. The highest BCUT2D eigenvalue weighted by Gasteiger charge is 2.27. The molecule has 0 unspecified atom stereocenters. The first-order chi connectivity index (χ1) is 14.5. The Kier molecular flexibility index (Phi) is 7.58. The third-order valence-electron chi connectivity index (χ3n) is 5.01. The SMILES string of the molecule is O=[N+]([O-])c1cc(S(=O)(=O)N2CCCCCC2)ccc1NCCCNc1ccccn1. The molecule has 1 aromatic carbocycles. The maximum Gasteiger partial charge on any atom is 0.293 e. The average Bonchev–Trinajstić information content (AvgIpc) is 3.04. The molecule has 0 atom stereocenters. The highest BCUT2D eigenvalue weighted by atomic mass is 32.2. The van der Waals surface area contributed by atoms with Gasteiger partial charge in [-0.3, -0.25) is 10.1 Å². The lowest BCUT2D eigenvalue weighted by Crippen LogP contribution is -2.32. The van der Waals surface area contributed by atoms with Gasteiger partial charge in [0, 0.05) is 38.4 Å². The predicted molar refractivity (Wildman–Crippen MR) is 116 cm³/mol. The molecule has 162 valence electrons. The maximum atomic E-state index is 12.9. The van der Waals surface area contributed by atoms with Crippen LogP contribution in [0.5, 0.6) is 0 Å². The van der Waals surface area contributed by atoms with Crippen LogP contribution in [0.3, 0.4) is 0 Å². The molecule has 2 aromatic rings. The fraction of sp³-hybridized carbons (Fsp3) is 0.450. The van der Waals surface area contributed by atoms with E-state index >= 15 is 0 Å². The number of nitrogens with one attached hydrogen (secondary N) is 2. The van der Waals surface area contributed by atoms with Crippen molar-refractivity contribution in [3.8, 4) is 0 Å². The van der Waals surface area contributed by atoms with Crippen LogP contribution in [0.1, 0.15) is 32.1 Å². The van der Waals surface area contributed by atoms with Gasteiger partial charge in [0.15, 0.2) is 0 Å². The van der Waals surface area contributed by atoms with Gasteiger partial charge in [0.05, 0.1) is 9.82 Å². The lowest BCUT2D eigenvalue weighted by molar-refractivity contribution is -0.384. The summed E-state index contributed by atoms with van der Waals surface area (Å²) in [6.07, 6.45) is 6.04. The Bertz CT molecular complexity index is 945. The van der Waals surface area contributed by atoms with E-state index in [1.54, 1.807) is 6.20 Å². The zero-order valence-electron chi connectivity index (χ0n) is 16.8. The number of nitro groups is 1. The Morgan fingerprint density at radius 2 is 1.77 bits per heavy atom. The third-order valence-corrected chi connectivity index (χ3v) is 6.90. The molecule has 0 spiro atoms. The van der Waals surface area contributed by atoms with Crippen molar-refractivity contribution in [1.82, 2.24) is 9.29 Å². The number of benzene rings is 1. The molecular weight excluding hydrogens is 406 g/mol. The van der Waals surface area contributed by atoms with Gasteiger partial charge in [-0.25, -0.2) is 13.4 Å². The van der Waals surface area contributed by atoms with E-state index in [-0.39, 0.29) is 10.6 Å². The molecule has 3 rings (SSSR count). The van der Waals surface area contributed by atoms with Crippen molar-refractivity contribution >= 4 is 27.2 Å². The summed E-state index contributed by atoms with van der Waals surface area (Å²) < 4.78 is 27.3. The number of aromatic nitrogens is 1. The standard InChI is InChI=1S/C20H27N5O4S/c26-25(27)19-16-17(30(28,29)24-14-5-1-2-6-15-24)9-10-18(19)21-12-7-13-23-20-8-3-4-11-22-20/h3-4,8-11,16,21H,1-2,5-7,12-15H2,(H,22,23). The normalized spacial score (nSPS) is 15.3. The van der Waals surface area contributed by atoms with Gasteiger partial charge in [0.2, 0.25) is 10.0 Å². The monoisotopic (exact) mass is 433 g/mol. The number of hydrogen-bond acceptors (Lipinski definition) is 7. The van der Waals surface area contributed by atoms with Gasteiger partial charge in [-0.1, -0.05) is 18.9 Å². The molecule has 0 aliphatic carbocycles. The number of pyridine rings is 1. The van der Waals surface area contributed by atoms with Crippen LogP contribution in [0.15, 0.2) is 47.5 Å². The van der Waals surface area contributed by atoms with Crippen LogP contribution in [0.4, 0.5) is 17.2 Å². The summed E-state index contributed by atoms with van der Waals surface area (Å²) in [7, 11) is -3.73. The van der Waals surface area contributed by atoms with Crippen LogP contribution < -0.4 is 10.6 Å². The van der Waals surface area contributed by atoms with Crippen LogP contribution in [-0.4, -0.2) is 48.8 Å². The van der Waals surface area contributed by atoms with E-state index in [1.807, 2.05) is 18.2 Å². The predicted octanol–water partition coefficient (Wildman–Crippen LogP) is 3.47. The van der Waals surface area contributed by atoms with Gasteiger partial charge in [0.1, 0.15) is 11.5 Å². The number of nitrogens with zero attached hydrogens (tertiary/aromatic N) is 3. The molecule has 1 fully saturated rings. The Morgan fingerprint density at radius 1 is 1.03 bits per heavy atom. The molecule has 9 nitrogen and oxygen atoms in total. The van der Waals surface area contributed by atoms with Gasteiger partial charge in [-0.2, -0.15) is 4.31 Å². The summed E-state index contributed by atoms with van der Waals surface area (Å²) in [5.41, 5.74) is 0.0798. The largest absolute Gasteiger partial charge is 0.379 e. The van der Waals surface area contributed by atoms with Crippen LogP contribution in [0.25, 0.3) is 0 Å². The minimum absolute atomic E-state index is 0.0292. The van der Waals surface area contributed by atoms with E-state index in [1.165, 1.54) is 16.4 Å². The van der Waals surface area contributed by atoms with Crippen molar-refractivity contribution in [3.63, 3.8) is 0 Å². The van der Waals surface area contributed by atoms with Crippen molar-refractivity contribution < 1.29 is 13.3 Å². The van der Waals surface area contributed by atoms with Gasteiger partial charge < -0.3 is 10.6 Å². The second-order valence-electron chi connectivity index (χ2n) is 7.18. The highest BCUT2D eigenvalue weighted by Crippen LogP contribution is 2.29. The van der Waals surface area contributed by atoms with Crippen LogP contribution in [0, 0.1) is 10.1 Å². The van der Waals surface area contributed by atoms with Gasteiger partial charge in [-0.15, -0.1) is 0 Å². The average molecular weight is 434 g/mol. The van der Waals surface area contributed by atoms with Crippen LogP contribution in [0.2, 0.25) is 0 Å². The van der Waals surface area contributed by atoms with Gasteiger partial charge in [0.25, 0.3) is 5.69 Å². The Morgan fingerprint density at radius 3 is 2.43 bits per heavy atom. The molecule has 1 aromatic heterocycles. The fourth-order valence-corrected chi connectivity index (χ4v) is 4.94. The molecule has 1 saturated heterocycles. The minimum Gasteiger partial charge on any atom is -0.379 e. The van der Waals surface area contributed by atoms with Crippen LogP contribution in [-0.2, 0) is 10.0 Å². The molecule has 2 N–H and O–H groups in total. The first kappa shape index (κ1) is 22.0. The van der Waals surface area contributed by atoms with E-state index < -0.39 is 14.9 Å². The summed E-state index contributed by atoms with van der Waals surface area (Å²) >= 11 is 0. The molecule has 1 aliphatic rings. The van der Waals surface area contributed by atoms with Crippen molar-refractivity contribution in [2.75, 3.05) is 36.8 Å². The summed E-state index contributed by atoms with van der Waals surface area (Å²) in [6.45, 7) is 2.07. The van der Waals surface area contributed by atoms with Crippen molar-refractivity contribution in [3.05, 3.63) is 52.7 Å². The molecule has 10 heteroatoms. The topological polar surface area (TPSA) is 117 Å². The van der Waals surface area contributed by atoms with Gasteiger partial charge in [-0.05, 0) is 43.5 Å². The Hall–Kier alpha value is -2.72. The minimum atomic E-state index is -3.73. The van der Waals surface area contributed by atoms with Crippen LogP contribution >= 0.6 is 0 Å². The second-order valence-corrected chi connectivity index (χ2v) is 9.11. The number of nitro benzene ring substituents is 1. The number of rotatable bonds is 9. The Balaban J connectivity index is 1.63. The van der Waals surface area contributed by atoms with Crippen molar-refractivity contribution in [2.24, 2.45) is 0 Å². The maximum absolute atomic E-state index is 12.9. The summed E-state index contributed by atoms with van der Waals surface area (Å²) in [5.74, 6) is 0.770. The first-order valence-corrected chi connectivity index (χ1v) is 11.6. The van der Waals surface area contributed by atoms with E-state index in [0.717, 1.165) is 37.6 Å². The first-order valence-electron chi connectivity index (χ1n) is 10.2. The zero-order valence-corrected chi connectivity index (χ0v) is 17.6. The quantitative estimate of drug-likeness (QED) is 0.353. The molecular formula is C20H27N5O4S. The molecule has 0 bridgehead atoms. The van der Waals surface area contributed by atoms with Crippen molar-refractivity contribution in [1.29, 1.82) is 0 Å². The summed E-state index contributed by atoms with van der Waals surface area (Å²) in [4.78, 5) is 15.1. The lowest BCUT2D eigenvalue weighted by Gasteiger charge is -2.20. The van der Waals surface area contributed by atoms with E-state index in [4.69, 9.17) is 0 Å². The van der Waals surface area contributed by atoms with Crippen molar-refractivity contribution in [2.45, 2.75) is 37.0 Å². The van der Waals surface area contributed by atoms with E-state index in [2.05, 4.69) is 15.6 Å². The molecule has 30 heavy (non-hydrogen) atoms. The smallest absolute Gasteiger partial charge is 0.293 e. The number of sulfonamides is 1. The van der Waals surface area contributed by atoms with E-state index in [0.29, 0.717) is 38.3 Å². The second kappa shape index (κ2) is 10.4. The number of hydrogen-bond donors (Lipinski definition) is 2. The third kappa shape index (κ3) is 5.67.